The van der Waals surface area contributed by atoms with E-state index in [1.165, 1.54) is 56.8 Å². The highest BCUT2D eigenvalue weighted by Gasteiger charge is 2.56. The van der Waals surface area contributed by atoms with Crippen LogP contribution in [0.5, 0.6) is 34.5 Å². The first-order valence-electron chi connectivity index (χ1n) is 43.2. The Hall–Kier alpha value is -14.3. The fourth-order valence-corrected chi connectivity index (χ4v) is 12.9. The summed E-state index contributed by atoms with van der Waals surface area (Å²) < 4.78 is 103. The van der Waals surface area contributed by atoms with Crippen molar-refractivity contribution < 1.29 is 128 Å². The molecule has 133 heavy (non-hydrogen) atoms. The standard InChI is InChI=1S/C17H22O5.C17H24O3.C16H20O5.C15H18O4.C14H16O4.C14H16O3.C13H14O3/c1-3-17(18)22-10-9-15-5-7-16(8-6-15)21-14-13-20-12-11-19-4-2;1-3-17(18)20-9-11-5-14-12-7-13(10-19-4-2)15(8-12)16(14)6-11;1-3-16(17)21-13-14-5-7-15(8-6-14)20-12-11-19-10-9-18-4-2;1-3-15(16)19-10-9-13-5-7-14(8-6-13)18-12-11-17-4-2;1-3-14(15)18-11-12-5-7-13(8-6-12)17-10-9-16-4-2;1-3-10-16-13-7-5-12(6-8-13)9-11-17-14(15)4-2;1-3-9-15-12-7-5-11(6-8-12)10-16-13(14)4-2/h3-8H,1-2,9-14H2;3-4,11-16H,1-2,5-10H2;3-8H,1-2,9-13H2;3-8H,1-2,9-12H2;3-8H,1-2,9-11H2;3-8,10H,2,9,11H2,1H3;3-9H,2,10H2,1H3/b;;;;;10-3+;9-3+. The van der Waals surface area contributed by atoms with Gasteiger partial charge in [0.2, 0.25) is 0 Å². The van der Waals surface area contributed by atoms with Crippen LogP contribution in [0.2, 0.25) is 0 Å². The van der Waals surface area contributed by atoms with Gasteiger partial charge in [0.1, 0.15) is 107 Å². The van der Waals surface area contributed by atoms with E-state index in [0.717, 1.165) is 135 Å². The molecule has 0 radical (unpaired) electrons. The molecule has 0 aromatic heterocycles. The molecule has 27 nitrogen and oxygen atoms in total. The lowest BCUT2D eigenvalue weighted by molar-refractivity contribution is -0.139. The van der Waals surface area contributed by atoms with Crippen LogP contribution in [0.4, 0.5) is 0 Å². The third-order valence-electron chi connectivity index (χ3n) is 19.1. The van der Waals surface area contributed by atoms with Crippen LogP contribution in [0.25, 0.3) is 0 Å². The third kappa shape index (κ3) is 53.4. The van der Waals surface area contributed by atoms with Crippen molar-refractivity contribution in [2.24, 2.45) is 35.5 Å². The highest BCUT2D eigenvalue weighted by molar-refractivity contribution is 5.83. The Balaban J connectivity index is 0.000000401. The number of fused-ring (bicyclic) bond motifs is 5. The predicted molar refractivity (Wildman–Crippen MR) is 509 cm³/mol. The summed E-state index contributed by atoms with van der Waals surface area (Å²) in [5.74, 6) is 6.46. The summed E-state index contributed by atoms with van der Waals surface area (Å²) in [6.45, 7) is 53.5. The van der Waals surface area contributed by atoms with Crippen LogP contribution in [0.15, 0.2) is 323 Å². The molecule has 0 N–H and O–H groups in total. The number of ether oxygens (including phenoxy) is 20. The quantitative estimate of drug-likeness (QED) is 0.0113. The molecular weight excluding hydrogens is 1710 g/mol. The van der Waals surface area contributed by atoms with E-state index in [0.29, 0.717) is 137 Å². The molecule has 0 spiro atoms. The lowest BCUT2D eigenvalue weighted by atomic mass is 9.76. The van der Waals surface area contributed by atoms with Gasteiger partial charge in [-0.05, 0) is 181 Å². The van der Waals surface area contributed by atoms with Crippen LogP contribution in [0, 0.1) is 35.5 Å². The monoisotopic (exact) mass is 1830 g/mol. The van der Waals surface area contributed by atoms with Crippen molar-refractivity contribution >= 4 is 41.8 Å². The van der Waals surface area contributed by atoms with Crippen LogP contribution in [0.3, 0.4) is 0 Å². The summed E-state index contributed by atoms with van der Waals surface area (Å²) in [4.78, 5) is 76.3. The van der Waals surface area contributed by atoms with E-state index in [2.05, 4.69) is 78.9 Å². The van der Waals surface area contributed by atoms with E-state index in [4.69, 9.17) is 94.7 Å². The van der Waals surface area contributed by atoms with Crippen molar-refractivity contribution in [3.8, 4) is 34.5 Å². The zero-order valence-corrected chi connectivity index (χ0v) is 76.7. The molecule has 27 heteroatoms. The molecule has 6 aromatic rings. The molecule has 6 atom stereocenters. The number of rotatable bonds is 57. The summed E-state index contributed by atoms with van der Waals surface area (Å²) in [5.41, 5.74) is 5.92. The Morgan fingerprint density at radius 1 is 0.271 bits per heavy atom. The smallest absolute Gasteiger partial charge is 0.330 e. The maximum atomic E-state index is 11.2. The van der Waals surface area contributed by atoms with Gasteiger partial charge in [-0.25, -0.2) is 33.6 Å². The molecule has 3 saturated carbocycles. The lowest BCUT2D eigenvalue weighted by Crippen LogP contribution is -2.26. The van der Waals surface area contributed by atoms with E-state index in [1.54, 1.807) is 24.9 Å². The predicted octanol–water partition coefficient (Wildman–Crippen LogP) is 18.8. The minimum absolute atomic E-state index is 0.220. The number of carbonyl (C=O) groups excluding carboxylic acids is 7. The van der Waals surface area contributed by atoms with E-state index in [-0.39, 0.29) is 25.8 Å². The highest BCUT2D eigenvalue weighted by Crippen LogP contribution is 2.62. The topological polar surface area (TPSA) is 304 Å². The van der Waals surface area contributed by atoms with Gasteiger partial charge in [-0.2, -0.15) is 0 Å². The minimum Gasteiger partial charge on any atom is -0.502 e. The van der Waals surface area contributed by atoms with Gasteiger partial charge in [-0.15, -0.1) is 0 Å². The van der Waals surface area contributed by atoms with Gasteiger partial charge >= 0.3 is 41.8 Å². The molecule has 0 amide bonds. The zero-order valence-electron chi connectivity index (χ0n) is 76.7. The van der Waals surface area contributed by atoms with E-state index < -0.39 is 35.8 Å². The van der Waals surface area contributed by atoms with Crippen molar-refractivity contribution in [1.82, 2.24) is 0 Å². The Morgan fingerprint density at radius 3 is 0.850 bits per heavy atom. The van der Waals surface area contributed by atoms with Crippen LogP contribution >= 0.6 is 0 Å². The molecule has 3 aliphatic rings. The molecule has 0 aliphatic heterocycles. The van der Waals surface area contributed by atoms with Crippen LogP contribution in [0.1, 0.15) is 72.9 Å². The van der Waals surface area contributed by atoms with E-state index in [9.17, 15) is 33.6 Å². The van der Waals surface area contributed by atoms with Gasteiger partial charge in [-0.3, -0.25) is 0 Å². The summed E-state index contributed by atoms with van der Waals surface area (Å²) in [7, 11) is 0. The average Bonchev–Trinajstić information content (AvgIpc) is 1.59. The van der Waals surface area contributed by atoms with Gasteiger partial charge in [0.15, 0.2) is 0 Å². The normalized spacial score (nSPS) is 14.5. The number of carbonyl (C=O) groups is 7. The van der Waals surface area contributed by atoms with Crippen LogP contribution in [-0.2, 0) is 139 Å². The SMILES string of the molecule is C=CC(=O)OCCc1ccc(O/C=C/C)cc1.C=CC(=O)OCc1ccc(O/C=C/C)cc1.C=COCC1CC2CC1C1CC(COC(=O)C=C)CC21.C=COCCOCCOc1ccc(CCOC(=O)C=C)cc1.C=COCCOCCOc1ccc(COC(=O)C=C)cc1.C=COCCOc1ccc(CCOC(=O)C=C)cc1.C=COCCOc1ccc(COC(=O)C=C)cc1. The maximum absolute atomic E-state index is 11.2. The van der Waals surface area contributed by atoms with Crippen molar-refractivity contribution in [1.29, 1.82) is 0 Å². The summed E-state index contributed by atoms with van der Waals surface area (Å²) in [6, 6.07) is 44.8. The summed E-state index contributed by atoms with van der Waals surface area (Å²) in [6.07, 6.45) is 29.3. The molecule has 6 unspecified atom stereocenters. The molecule has 2 bridgehead atoms. The molecule has 716 valence electrons. The molecule has 0 heterocycles. The fraction of sp³-hybridized carbons (Fsp3) is 0.330. The molecule has 9 rings (SSSR count). The summed E-state index contributed by atoms with van der Waals surface area (Å²) >= 11 is 0. The van der Waals surface area contributed by atoms with Crippen LogP contribution in [-0.4, -0.2) is 154 Å². The number of hydrogen-bond acceptors (Lipinski definition) is 27. The van der Waals surface area contributed by atoms with Crippen molar-refractivity contribution in [3.63, 3.8) is 0 Å². The first kappa shape index (κ1) is 113. The van der Waals surface area contributed by atoms with Crippen molar-refractivity contribution in [2.45, 2.75) is 78.6 Å². The minimum atomic E-state index is -0.437. The van der Waals surface area contributed by atoms with Crippen molar-refractivity contribution in [2.75, 3.05) is 112 Å². The Bertz CT molecular complexity index is 4460. The highest BCUT2D eigenvalue weighted by atomic mass is 16.6. The second-order valence-corrected chi connectivity index (χ2v) is 28.3. The van der Waals surface area contributed by atoms with Gasteiger partial charge < -0.3 is 94.7 Å². The second-order valence-electron chi connectivity index (χ2n) is 28.3. The molecule has 3 fully saturated rings. The Morgan fingerprint density at radius 2 is 0.541 bits per heavy atom. The van der Waals surface area contributed by atoms with Gasteiger partial charge in [0, 0.05) is 61.8 Å². The zero-order chi connectivity index (χ0) is 97.0. The third-order valence-corrected chi connectivity index (χ3v) is 19.1. The summed E-state index contributed by atoms with van der Waals surface area (Å²) in [5, 5.41) is 0. The second kappa shape index (κ2) is 73.5. The first-order chi connectivity index (χ1) is 64.8. The fourth-order valence-electron chi connectivity index (χ4n) is 12.9. The largest absolute Gasteiger partial charge is 0.502 e. The number of benzene rings is 6. The number of hydrogen-bond donors (Lipinski definition) is 0. The van der Waals surface area contributed by atoms with Gasteiger partial charge in [-0.1, -0.05) is 164 Å². The van der Waals surface area contributed by atoms with Crippen molar-refractivity contribution in [3.05, 3.63) is 356 Å². The Labute approximate surface area is 783 Å². The lowest BCUT2D eigenvalue weighted by Gasteiger charge is -2.30. The molecule has 3 aliphatic carbocycles. The average molecular weight is 1840 g/mol. The first-order valence-corrected chi connectivity index (χ1v) is 43.2. The van der Waals surface area contributed by atoms with E-state index >= 15 is 0 Å². The maximum Gasteiger partial charge on any atom is 0.330 e. The molecular formula is C106H130O27. The number of allylic oxidation sites excluding steroid dienone is 2. The van der Waals surface area contributed by atoms with E-state index in [1.807, 2.05) is 166 Å². The Kier molecular flexibility index (Phi) is 62.3. The molecule has 0 saturated heterocycles. The molecule has 6 aromatic carbocycles. The number of esters is 7. The van der Waals surface area contributed by atoms with Crippen LogP contribution < -0.4 is 28.4 Å². The van der Waals surface area contributed by atoms with Gasteiger partial charge in [0.05, 0.1) is 103 Å². The van der Waals surface area contributed by atoms with Gasteiger partial charge in [0.25, 0.3) is 0 Å².